The first-order chi connectivity index (χ1) is 7.10. The molecule has 5 heteroatoms. The van der Waals surface area contributed by atoms with Gasteiger partial charge in [-0.3, -0.25) is 4.68 Å². The number of rotatable bonds is 5. The molecule has 2 N–H and O–H groups in total. The summed E-state index contributed by atoms with van der Waals surface area (Å²) in [7, 11) is 0. The number of hydrogen-bond donors (Lipinski definition) is 1. The third kappa shape index (κ3) is 3.13. The van der Waals surface area contributed by atoms with E-state index in [2.05, 4.69) is 18.3 Å². The first-order valence-corrected chi connectivity index (χ1v) is 6.83. The summed E-state index contributed by atoms with van der Waals surface area (Å²) in [6, 6.07) is 0.152. The van der Waals surface area contributed by atoms with E-state index >= 15 is 0 Å². The smallest absolute Gasteiger partial charge is 0.0847 e. The molecule has 0 aliphatic heterocycles. The van der Waals surface area contributed by atoms with Crippen LogP contribution in [0.15, 0.2) is 0 Å². The number of nitrogens with two attached hydrogens (primary N) is 1. The van der Waals surface area contributed by atoms with Crippen LogP contribution in [0, 0.1) is 6.92 Å². The van der Waals surface area contributed by atoms with Gasteiger partial charge < -0.3 is 5.73 Å². The maximum absolute atomic E-state index is 6.19. The molecule has 1 rings (SSSR count). The molecule has 0 spiro atoms. The summed E-state index contributed by atoms with van der Waals surface area (Å²) in [5.41, 5.74) is 7.96. The fourth-order valence-electron chi connectivity index (χ4n) is 1.59. The number of nitrogens with zero attached hydrogens (tertiary/aromatic N) is 2. The Morgan fingerprint density at radius 3 is 2.80 bits per heavy atom. The van der Waals surface area contributed by atoms with Gasteiger partial charge in [0.25, 0.3) is 0 Å². The number of thioether (sulfide) groups is 1. The molecule has 0 saturated heterocycles. The molecule has 0 saturated carbocycles. The second-order valence-electron chi connectivity index (χ2n) is 3.58. The van der Waals surface area contributed by atoms with E-state index < -0.39 is 0 Å². The Balaban J connectivity index is 2.82. The zero-order valence-electron chi connectivity index (χ0n) is 9.46. The maximum atomic E-state index is 6.19. The van der Waals surface area contributed by atoms with E-state index in [1.807, 2.05) is 11.6 Å². The summed E-state index contributed by atoms with van der Waals surface area (Å²) < 4.78 is 1.94. The van der Waals surface area contributed by atoms with Crippen molar-refractivity contribution in [1.29, 1.82) is 0 Å². The van der Waals surface area contributed by atoms with Gasteiger partial charge in [-0.15, -0.1) is 0 Å². The Labute approximate surface area is 100 Å². The van der Waals surface area contributed by atoms with Crippen LogP contribution in [0.1, 0.15) is 18.3 Å². The number of aromatic nitrogens is 2. The molecule has 0 aromatic carbocycles. The third-order valence-electron chi connectivity index (χ3n) is 2.29. The number of aryl methyl sites for hydroxylation is 2. The summed E-state index contributed by atoms with van der Waals surface area (Å²) in [4.78, 5) is 0. The SMILES string of the molecule is CCn1nc(C)c(Cl)c1CC(N)CSC. The van der Waals surface area contributed by atoms with E-state index in [0.29, 0.717) is 0 Å². The lowest BCUT2D eigenvalue weighted by molar-refractivity contribution is 0.594. The van der Waals surface area contributed by atoms with Gasteiger partial charge in [0.2, 0.25) is 0 Å². The molecule has 0 aliphatic rings. The summed E-state index contributed by atoms with van der Waals surface area (Å²) >= 11 is 7.95. The highest BCUT2D eigenvalue weighted by atomic mass is 35.5. The standard InChI is InChI=1S/C10H18ClN3S/c1-4-14-9(5-8(12)6-15-3)10(11)7(2)13-14/h8H,4-6,12H2,1-3H3. The zero-order chi connectivity index (χ0) is 11.4. The molecule has 15 heavy (non-hydrogen) atoms. The molecule has 1 heterocycles. The van der Waals surface area contributed by atoms with Gasteiger partial charge in [-0.25, -0.2) is 0 Å². The Morgan fingerprint density at radius 2 is 2.27 bits per heavy atom. The molecule has 3 nitrogen and oxygen atoms in total. The van der Waals surface area contributed by atoms with Crippen LogP contribution in [0.3, 0.4) is 0 Å². The van der Waals surface area contributed by atoms with Gasteiger partial charge in [0.05, 0.1) is 16.4 Å². The minimum Gasteiger partial charge on any atom is -0.327 e. The summed E-state index contributed by atoms with van der Waals surface area (Å²) in [5.74, 6) is 0.949. The van der Waals surface area contributed by atoms with Crippen LogP contribution >= 0.6 is 23.4 Å². The maximum Gasteiger partial charge on any atom is 0.0847 e. The molecule has 0 bridgehead atoms. The summed E-state index contributed by atoms with van der Waals surface area (Å²) in [5, 5.41) is 5.14. The molecule has 1 aromatic rings. The van der Waals surface area contributed by atoms with Crippen LogP contribution in [0.2, 0.25) is 5.02 Å². The summed E-state index contributed by atoms with van der Waals surface area (Å²) in [6.45, 7) is 4.83. The molecule has 1 atom stereocenters. The minimum absolute atomic E-state index is 0.152. The van der Waals surface area contributed by atoms with Gasteiger partial charge in [-0.2, -0.15) is 16.9 Å². The van der Waals surface area contributed by atoms with Crippen molar-refractivity contribution in [3.8, 4) is 0 Å². The summed E-state index contributed by atoms with van der Waals surface area (Å²) in [6.07, 6.45) is 2.86. The second kappa shape index (κ2) is 5.77. The van der Waals surface area contributed by atoms with Crippen molar-refractivity contribution in [1.82, 2.24) is 9.78 Å². The van der Waals surface area contributed by atoms with Crippen molar-refractivity contribution < 1.29 is 0 Å². The lowest BCUT2D eigenvalue weighted by Gasteiger charge is -2.11. The van der Waals surface area contributed by atoms with E-state index in [-0.39, 0.29) is 6.04 Å². The van der Waals surface area contributed by atoms with Crippen LogP contribution in [-0.2, 0) is 13.0 Å². The molecule has 0 aliphatic carbocycles. The first-order valence-electron chi connectivity index (χ1n) is 5.06. The van der Waals surface area contributed by atoms with Gasteiger partial charge in [-0.1, -0.05) is 11.6 Å². The quantitative estimate of drug-likeness (QED) is 0.867. The van der Waals surface area contributed by atoms with Crippen molar-refractivity contribution in [2.45, 2.75) is 32.9 Å². The van der Waals surface area contributed by atoms with Gasteiger partial charge in [0.15, 0.2) is 0 Å². The molecule has 1 unspecified atom stereocenters. The Kier molecular flexibility index (Phi) is 4.96. The molecule has 1 aromatic heterocycles. The Morgan fingerprint density at radius 1 is 1.60 bits per heavy atom. The van der Waals surface area contributed by atoms with Crippen LogP contribution in [0.4, 0.5) is 0 Å². The van der Waals surface area contributed by atoms with Crippen molar-refractivity contribution in [2.75, 3.05) is 12.0 Å². The van der Waals surface area contributed by atoms with E-state index in [4.69, 9.17) is 17.3 Å². The second-order valence-corrected chi connectivity index (χ2v) is 4.87. The lowest BCUT2D eigenvalue weighted by atomic mass is 10.2. The number of hydrogen-bond acceptors (Lipinski definition) is 3. The molecule has 0 fully saturated rings. The van der Waals surface area contributed by atoms with Gasteiger partial charge >= 0.3 is 0 Å². The van der Waals surface area contributed by atoms with E-state index in [1.54, 1.807) is 11.8 Å². The fourth-order valence-corrected chi connectivity index (χ4v) is 2.34. The first kappa shape index (κ1) is 12.9. The van der Waals surface area contributed by atoms with Crippen LogP contribution < -0.4 is 5.73 Å². The normalized spacial score (nSPS) is 13.1. The highest BCUT2D eigenvalue weighted by Crippen LogP contribution is 2.21. The predicted octanol–water partition coefficient (Wildman–Crippen LogP) is 2.10. The third-order valence-corrected chi connectivity index (χ3v) is 3.54. The fraction of sp³-hybridized carbons (Fsp3) is 0.700. The van der Waals surface area contributed by atoms with Crippen molar-refractivity contribution in [3.63, 3.8) is 0 Å². The molecular weight excluding hydrogens is 230 g/mol. The highest BCUT2D eigenvalue weighted by molar-refractivity contribution is 7.98. The monoisotopic (exact) mass is 247 g/mol. The van der Waals surface area contributed by atoms with Gasteiger partial charge in [0.1, 0.15) is 0 Å². The van der Waals surface area contributed by atoms with Gasteiger partial charge in [0, 0.05) is 24.8 Å². The van der Waals surface area contributed by atoms with Crippen LogP contribution in [-0.4, -0.2) is 27.8 Å². The molecule has 0 amide bonds. The largest absolute Gasteiger partial charge is 0.327 e. The van der Waals surface area contributed by atoms with Gasteiger partial charge in [-0.05, 0) is 20.1 Å². The molecule has 86 valence electrons. The van der Waals surface area contributed by atoms with E-state index in [1.165, 1.54) is 0 Å². The molecule has 0 radical (unpaired) electrons. The zero-order valence-corrected chi connectivity index (χ0v) is 11.0. The van der Waals surface area contributed by atoms with E-state index in [0.717, 1.165) is 35.1 Å². The minimum atomic E-state index is 0.152. The average Bonchev–Trinajstić information content (AvgIpc) is 2.46. The highest BCUT2D eigenvalue weighted by Gasteiger charge is 2.15. The molecular formula is C10H18ClN3S. The Bertz CT molecular complexity index is 325. The van der Waals surface area contributed by atoms with Crippen LogP contribution in [0.5, 0.6) is 0 Å². The topological polar surface area (TPSA) is 43.8 Å². The average molecular weight is 248 g/mol. The predicted molar refractivity (Wildman–Crippen MR) is 67.7 cm³/mol. The van der Waals surface area contributed by atoms with Crippen molar-refractivity contribution in [3.05, 3.63) is 16.4 Å². The Hall–Kier alpha value is -0.190. The number of halogens is 1. The van der Waals surface area contributed by atoms with E-state index in [9.17, 15) is 0 Å². The van der Waals surface area contributed by atoms with Crippen molar-refractivity contribution >= 4 is 23.4 Å². The van der Waals surface area contributed by atoms with Crippen molar-refractivity contribution in [2.24, 2.45) is 5.73 Å². The van der Waals surface area contributed by atoms with Crippen LogP contribution in [0.25, 0.3) is 0 Å². The lowest BCUT2D eigenvalue weighted by Crippen LogP contribution is -2.27.